The van der Waals surface area contributed by atoms with Gasteiger partial charge in [-0.3, -0.25) is 9.59 Å². The van der Waals surface area contributed by atoms with Crippen molar-refractivity contribution in [2.75, 3.05) is 13.7 Å². The van der Waals surface area contributed by atoms with Gasteiger partial charge < -0.3 is 18.9 Å². The number of halogens is 1. The molecule has 2 aliphatic rings. The molecular weight excluding hydrogens is 491 g/mol. The predicted molar refractivity (Wildman–Crippen MR) is 135 cm³/mol. The molecule has 3 heterocycles. The van der Waals surface area contributed by atoms with Crippen LogP contribution in [0.1, 0.15) is 52.5 Å². The summed E-state index contributed by atoms with van der Waals surface area (Å²) < 4.78 is 28.0. The number of nitrogens with one attached hydrogen (secondary N) is 1. The molecule has 38 heavy (non-hydrogen) atoms. The van der Waals surface area contributed by atoms with Crippen molar-refractivity contribution in [2.45, 2.75) is 51.5 Å². The second kappa shape index (κ2) is 9.97. The van der Waals surface area contributed by atoms with Crippen LogP contribution in [0.2, 0.25) is 0 Å². The van der Waals surface area contributed by atoms with Gasteiger partial charge in [-0.2, -0.15) is 5.10 Å². The third kappa shape index (κ3) is 4.53. The van der Waals surface area contributed by atoms with Gasteiger partial charge in [0.15, 0.2) is 11.6 Å². The molecule has 11 heteroatoms. The van der Waals surface area contributed by atoms with Crippen LogP contribution in [0, 0.1) is 5.82 Å². The van der Waals surface area contributed by atoms with Crippen molar-refractivity contribution in [3.63, 3.8) is 0 Å². The summed E-state index contributed by atoms with van der Waals surface area (Å²) in [6.45, 7) is 1.47. The van der Waals surface area contributed by atoms with Crippen LogP contribution < -0.4 is 10.3 Å². The maximum absolute atomic E-state index is 14.9. The van der Waals surface area contributed by atoms with Gasteiger partial charge in [0, 0.05) is 32.0 Å². The summed E-state index contributed by atoms with van der Waals surface area (Å²) in [6.07, 6.45) is 3.70. The first-order valence-electron chi connectivity index (χ1n) is 12.7. The van der Waals surface area contributed by atoms with Crippen LogP contribution in [-0.2, 0) is 30.9 Å². The third-order valence-corrected chi connectivity index (χ3v) is 7.22. The molecule has 6 rings (SSSR count). The monoisotopic (exact) mass is 518 g/mol. The van der Waals surface area contributed by atoms with E-state index >= 15 is 0 Å². The van der Waals surface area contributed by atoms with Gasteiger partial charge in [-0.15, -0.1) is 10.2 Å². The molecule has 1 N–H and O–H groups in total. The number of H-pyrrole nitrogens is 1. The van der Waals surface area contributed by atoms with Gasteiger partial charge in [-0.25, -0.2) is 9.49 Å². The SMILES string of the molecule is COCc1nnc2n1CCN(C(=O)c1cc(Cc3n[nH]c(=O)c4ccc(OC5CCC5)cc34)ccc1F)C2. The molecule has 0 saturated heterocycles. The minimum atomic E-state index is -0.596. The molecule has 1 fully saturated rings. The quantitative estimate of drug-likeness (QED) is 0.400. The topological polar surface area (TPSA) is 115 Å². The first-order chi connectivity index (χ1) is 18.5. The summed E-state index contributed by atoms with van der Waals surface area (Å²) >= 11 is 0. The summed E-state index contributed by atoms with van der Waals surface area (Å²) in [5, 5.41) is 16.3. The molecule has 196 valence electrons. The second-order valence-corrected chi connectivity index (χ2v) is 9.71. The average Bonchev–Trinajstić information content (AvgIpc) is 3.31. The van der Waals surface area contributed by atoms with E-state index in [1.807, 2.05) is 10.6 Å². The fourth-order valence-corrected chi connectivity index (χ4v) is 4.93. The number of carbonyl (C=O) groups excluding carboxylic acids is 1. The lowest BCUT2D eigenvalue weighted by atomic mass is 9.96. The van der Waals surface area contributed by atoms with Gasteiger partial charge in [0.2, 0.25) is 0 Å². The number of methoxy groups -OCH3 is 1. The van der Waals surface area contributed by atoms with Crippen molar-refractivity contribution >= 4 is 16.7 Å². The van der Waals surface area contributed by atoms with E-state index in [2.05, 4.69) is 20.4 Å². The number of aromatic amines is 1. The van der Waals surface area contributed by atoms with Crippen LogP contribution in [-0.4, -0.2) is 55.5 Å². The van der Waals surface area contributed by atoms with Crippen LogP contribution in [0.25, 0.3) is 10.8 Å². The maximum Gasteiger partial charge on any atom is 0.272 e. The largest absolute Gasteiger partial charge is 0.490 e. The van der Waals surface area contributed by atoms with Crippen molar-refractivity contribution in [1.82, 2.24) is 29.9 Å². The highest BCUT2D eigenvalue weighted by Crippen LogP contribution is 2.28. The van der Waals surface area contributed by atoms with Gasteiger partial charge in [0.25, 0.3) is 11.5 Å². The number of hydrogen-bond donors (Lipinski definition) is 1. The average molecular weight is 519 g/mol. The second-order valence-electron chi connectivity index (χ2n) is 9.71. The Bertz CT molecular complexity index is 1580. The van der Waals surface area contributed by atoms with E-state index in [9.17, 15) is 14.0 Å². The number of aromatic nitrogens is 5. The number of rotatable bonds is 7. The lowest BCUT2D eigenvalue weighted by molar-refractivity contribution is 0.0698. The van der Waals surface area contributed by atoms with E-state index in [1.54, 1.807) is 36.3 Å². The molecule has 0 spiro atoms. The van der Waals surface area contributed by atoms with Gasteiger partial charge in [0.05, 0.1) is 29.3 Å². The zero-order chi connectivity index (χ0) is 26.2. The predicted octanol–water partition coefficient (Wildman–Crippen LogP) is 2.98. The van der Waals surface area contributed by atoms with Gasteiger partial charge >= 0.3 is 0 Å². The molecule has 10 nitrogen and oxygen atoms in total. The van der Waals surface area contributed by atoms with Crippen LogP contribution in [0.15, 0.2) is 41.2 Å². The molecule has 2 aromatic heterocycles. The Balaban J connectivity index is 1.26. The zero-order valence-electron chi connectivity index (χ0n) is 20.9. The molecule has 0 radical (unpaired) electrons. The number of hydrogen-bond acceptors (Lipinski definition) is 7. The number of nitrogens with zero attached hydrogens (tertiary/aromatic N) is 5. The molecule has 2 aromatic carbocycles. The molecule has 1 saturated carbocycles. The minimum absolute atomic E-state index is 0.0182. The Morgan fingerprint density at radius 1 is 1.13 bits per heavy atom. The highest BCUT2D eigenvalue weighted by Gasteiger charge is 2.27. The fraction of sp³-hybridized carbons (Fsp3) is 0.370. The first kappa shape index (κ1) is 24.2. The summed E-state index contributed by atoms with van der Waals surface area (Å²) in [5.41, 5.74) is 1.000. The van der Waals surface area contributed by atoms with Crippen molar-refractivity contribution in [3.8, 4) is 5.75 Å². The molecule has 1 aliphatic heterocycles. The Morgan fingerprint density at radius 3 is 2.79 bits per heavy atom. The Kier molecular flexibility index (Phi) is 6.36. The van der Waals surface area contributed by atoms with Crippen molar-refractivity contribution < 1.29 is 18.7 Å². The Morgan fingerprint density at radius 2 is 2.00 bits per heavy atom. The van der Waals surface area contributed by atoms with Crippen LogP contribution in [0.3, 0.4) is 0 Å². The number of fused-ring (bicyclic) bond motifs is 2. The zero-order valence-corrected chi connectivity index (χ0v) is 20.9. The van der Waals surface area contributed by atoms with Gasteiger partial charge in [0.1, 0.15) is 18.2 Å². The van der Waals surface area contributed by atoms with E-state index in [1.165, 1.54) is 6.07 Å². The van der Waals surface area contributed by atoms with E-state index in [0.29, 0.717) is 65.5 Å². The maximum atomic E-state index is 14.9. The highest BCUT2D eigenvalue weighted by atomic mass is 19.1. The Labute approximate surface area is 217 Å². The van der Waals surface area contributed by atoms with Crippen molar-refractivity contribution in [2.24, 2.45) is 0 Å². The summed E-state index contributed by atoms with van der Waals surface area (Å²) in [7, 11) is 1.59. The van der Waals surface area contributed by atoms with E-state index in [-0.39, 0.29) is 23.8 Å². The minimum Gasteiger partial charge on any atom is -0.490 e. The Hall–Kier alpha value is -4.12. The number of ether oxygens (including phenoxy) is 2. The third-order valence-electron chi connectivity index (χ3n) is 7.22. The molecule has 0 bridgehead atoms. The van der Waals surface area contributed by atoms with Crippen LogP contribution in [0.5, 0.6) is 5.75 Å². The lowest BCUT2D eigenvalue weighted by Gasteiger charge is -2.28. The van der Waals surface area contributed by atoms with Gasteiger partial charge in [-0.05, 0) is 55.2 Å². The number of carbonyl (C=O) groups is 1. The summed E-state index contributed by atoms with van der Waals surface area (Å²) in [5.74, 6) is 1.02. The molecule has 1 amide bonds. The normalized spacial score (nSPS) is 15.4. The number of benzene rings is 2. The van der Waals surface area contributed by atoms with Crippen LogP contribution >= 0.6 is 0 Å². The molecule has 0 unspecified atom stereocenters. The molecule has 0 atom stereocenters. The molecule has 1 aliphatic carbocycles. The van der Waals surface area contributed by atoms with Crippen molar-refractivity contribution in [1.29, 1.82) is 0 Å². The van der Waals surface area contributed by atoms with E-state index < -0.39 is 11.7 Å². The van der Waals surface area contributed by atoms with E-state index in [0.717, 1.165) is 19.3 Å². The molecular formula is C27H27FN6O4. The van der Waals surface area contributed by atoms with Crippen molar-refractivity contribution in [3.05, 3.63) is 81.0 Å². The highest BCUT2D eigenvalue weighted by molar-refractivity contribution is 5.94. The van der Waals surface area contributed by atoms with Crippen LogP contribution in [0.4, 0.5) is 4.39 Å². The summed E-state index contributed by atoms with van der Waals surface area (Å²) in [6, 6.07) is 9.85. The smallest absolute Gasteiger partial charge is 0.272 e. The van der Waals surface area contributed by atoms with Gasteiger partial charge in [-0.1, -0.05) is 6.07 Å². The number of amides is 1. The molecule has 4 aromatic rings. The fourth-order valence-electron chi connectivity index (χ4n) is 4.93. The standard InChI is InChI=1S/C27H27FN6O4/c1-37-15-25-31-30-24-14-33(9-10-34(24)25)27(36)21-11-16(5-8-22(21)28)12-23-20-13-18(38-17-3-2-4-17)6-7-19(20)26(35)32-29-23/h5-8,11,13,17H,2-4,9-10,12,14-15H2,1H3,(H,32,35). The first-order valence-corrected chi connectivity index (χ1v) is 12.7. The van der Waals surface area contributed by atoms with E-state index in [4.69, 9.17) is 9.47 Å². The lowest BCUT2D eigenvalue weighted by Crippen LogP contribution is -2.39. The summed E-state index contributed by atoms with van der Waals surface area (Å²) in [4.78, 5) is 27.3.